The van der Waals surface area contributed by atoms with Crippen molar-refractivity contribution in [3.63, 3.8) is 0 Å². The van der Waals surface area contributed by atoms with Gasteiger partial charge < -0.3 is 19.4 Å². The molecule has 0 unspecified atom stereocenters. The number of ketones is 1. The third kappa shape index (κ3) is 3.73. The minimum atomic E-state index is -0.526. The average molecular weight is 310 g/mol. The van der Waals surface area contributed by atoms with Crippen molar-refractivity contribution in [3.05, 3.63) is 22.5 Å². The molecular formula is C15H22N2O5. The second-order valence-corrected chi connectivity index (χ2v) is 4.88. The molecule has 0 aliphatic rings. The number of nitrogens with one attached hydrogen (secondary N) is 1. The zero-order valence-electron chi connectivity index (χ0n) is 13.6. The molecule has 0 spiro atoms. The number of amides is 1. The summed E-state index contributed by atoms with van der Waals surface area (Å²) in [6.45, 7) is 5.45. The molecule has 1 rings (SSSR count). The average Bonchev–Trinajstić information content (AvgIpc) is 2.78. The van der Waals surface area contributed by atoms with Crippen molar-refractivity contribution in [2.24, 2.45) is 0 Å². The molecule has 0 aliphatic heterocycles. The maximum atomic E-state index is 12.5. The molecule has 1 N–H and O–H groups in total. The minimum absolute atomic E-state index is 0.0567. The van der Waals surface area contributed by atoms with Crippen LogP contribution in [0.15, 0.2) is 0 Å². The number of likely N-dealkylation sites (N-methyl/N-ethyl adjacent to an activating group) is 1. The number of methoxy groups -OCH3 is 2. The zero-order valence-corrected chi connectivity index (χ0v) is 13.6. The van der Waals surface area contributed by atoms with E-state index in [2.05, 4.69) is 9.72 Å². The molecule has 0 aromatic carbocycles. The van der Waals surface area contributed by atoms with Crippen molar-refractivity contribution >= 4 is 17.7 Å². The van der Waals surface area contributed by atoms with E-state index in [1.807, 2.05) is 0 Å². The van der Waals surface area contributed by atoms with Crippen LogP contribution in [-0.4, -0.2) is 61.5 Å². The Morgan fingerprint density at radius 2 is 1.82 bits per heavy atom. The van der Waals surface area contributed by atoms with Crippen LogP contribution in [-0.2, 0) is 14.3 Å². The number of carbonyl (C=O) groups is 3. The highest BCUT2D eigenvalue weighted by Crippen LogP contribution is 2.19. The molecule has 1 aromatic rings. The third-order valence-electron chi connectivity index (χ3n) is 3.44. The Morgan fingerprint density at radius 1 is 1.18 bits per heavy atom. The number of H-pyrrole nitrogens is 1. The van der Waals surface area contributed by atoms with Crippen molar-refractivity contribution < 1.29 is 23.9 Å². The number of hydrogen-bond acceptors (Lipinski definition) is 5. The smallest absolute Gasteiger partial charge is 0.354 e. The molecule has 1 heterocycles. The van der Waals surface area contributed by atoms with Gasteiger partial charge in [-0.3, -0.25) is 9.59 Å². The standard InChI is InChI=1S/C15H22N2O5/c1-6-17(12(19)8-21-4)7-11(18)13-9(2)14(15(20)22-5)16-10(13)3/h16H,6-8H2,1-5H3. The first kappa shape index (κ1) is 17.9. The summed E-state index contributed by atoms with van der Waals surface area (Å²) in [5.41, 5.74) is 1.79. The second-order valence-electron chi connectivity index (χ2n) is 4.88. The number of hydrogen-bond donors (Lipinski definition) is 1. The number of ether oxygens (including phenoxy) is 2. The number of esters is 1. The summed E-state index contributed by atoms with van der Waals surface area (Å²) < 4.78 is 9.48. The van der Waals surface area contributed by atoms with E-state index in [4.69, 9.17) is 4.74 Å². The van der Waals surface area contributed by atoms with Crippen LogP contribution in [0.1, 0.15) is 39.0 Å². The molecular weight excluding hydrogens is 288 g/mol. The van der Waals surface area contributed by atoms with Crippen LogP contribution in [0, 0.1) is 13.8 Å². The van der Waals surface area contributed by atoms with Crippen LogP contribution >= 0.6 is 0 Å². The van der Waals surface area contributed by atoms with Crippen LogP contribution < -0.4 is 0 Å². The largest absolute Gasteiger partial charge is 0.464 e. The van der Waals surface area contributed by atoms with E-state index in [1.165, 1.54) is 19.1 Å². The molecule has 1 amide bonds. The predicted octanol–water partition coefficient (Wildman–Crippen LogP) is 1.10. The molecule has 22 heavy (non-hydrogen) atoms. The number of aromatic amines is 1. The first-order valence-electron chi connectivity index (χ1n) is 6.94. The highest BCUT2D eigenvalue weighted by molar-refractivity contribution is 6.04. The number of rotatable bonds is 7. The van der Waals surface area contributed by atoms with E-state index >= 15 is 0 Å². The first-order chi connectivity index (χ1) is 10.4. The van der Waals surface area contributed by atoms with Crippen LogP contribution in [0.4, 0.5) is 0 Å². The van der Waals surface area contributed by atoms with E-state index in [0.717, 1.165) is 0 Å². The van der Waals surface area contributed by atoms with E-state index < -0.39 is 5.97 Å². The summed E-state index contributed by atoms with van der Waals surface area (Å²) >= 11 is 0. The first-order valence-corrected chi connectivity index (χ1v) is 6.94. The molecule has 0 bridgehead atoms. The Labute approximate surface area is 129 Å². The van der Waals surface area contributed by atoms with Gasteiger partial charge in [0.05, 0.1) is 13.7 Å². The number of carbonyl (C=O) groups excluding carboxylic acids is 3. The van der Waals surface area contributed by atoms with E-state index in [9.17, 15) is 14.4 Å². The highest BCUT2D eigenvalue weighted by atomic mass is 16.5. The normalized spacial score (nSPS) is 10.4. The minimum Gasteiger partial charge on any atom is -0.464 e. The fourth-order valence-corrected chi connectivity index (χ4v) is 2.32. The van der Waals surface area contributed by atoms with Gasteiger partial charge >= 0.3 is 5.97 Å². The number of Topliss-reactive ketones (excluding diaryl/α,β-unsaturated/α-hetero) is 1. The lowest BCUT2D eigenvalue weighted by atomic mass is 10.1. The highest BCUT2D eigenvalue weighted by Gasteiger charge is 2.24. The molecule has 7 nitrogen and oxygen atoms in total. The Kier molecular flexibility index (Phi) is 6.30. The zero-order chi connectivity index (χ0) is 16.9. The van der Waals surface area contributed by atoms with Gasteiger partial charge in [0.2, 0.25) is 5.91 Å². The van der Waals surface area contributed by atoms with Gasteiger partial charge in [0.15, 0.2) is 5.78 Å². The van der Waals surface area contributed by atoms with Crippen molar-refractivity contribution in [1.82, 2.24) is 9.88 Å². The summed E-state index contributed by atoms with van der Waals surface area (Å²) in [5.74, 6) is -1.01. The molecule has 0 aliphatic carbocycles. The lowest BCUT2D eigenvalue weighted by molar-refractivity contribution is -0.134. The molecule has 0 fully saturated rings. The van der Waals surface area contributed by atoms with Gasteiger partial charge in [-0.15, -0.1) is 0 Å². The Bertz CT molecular complexity index is 577. The third-order valence-corrected chi connectivity index (χ3v) is 3.44. The van der Waals surface area contributed by atoms with Gasteiger partial charge in [-0.05, 0) is 26.3 Å². The lowest BCUT2D eigenvalue weighted by Gasteiger charge is -2.19. The fourth-order valence-electron chi connectivity index (χ4n) is 2.32. The summed E-state index contributed by atoms with van der Waals surface area (Å²) in [6.07, 6.45) is 0. The van der Waals surface area contributed by atoms with E-state index in [1.54, 1.807) is 20.8 Å². The Morgan fingerprint density at radius 3 is 2.32 bits per heavy atom. The van der Waals surface area contributed by atoms with Crippen molar-refractivity contribution in [3.8, 4) is 0 Å². The van der Waals surface area contributed by atoms with Gasteiger partial charge in [-0.1, -0.05) is 0 Å². The van der Waals surface area contributed by atoms with E-state index in [0.29, 0.717) is 23.4 Å². The van der Waals surface area contributed by atoms with Gasteiger partial charge in [0, 0.05) is 24.9 Å². The number of aromatic nitrogens is 1. The van der Waals surface area contributed by atoms with Crippen molar-refractivity contribution in [2.45, 2.75) is 20.8 Å². The molecule has 0 saturated carbocycles. The summed E-state index contributed by atoms with van der Waals surface area (Å²) in [6, 6.07) is 0. The summed E-state index contributed by atoms with van der Waals surface area (Å²) in [4.78, 5) is 40.2. The van der Waals surface area contributed by atoms with Gasteiger partial charge in [0.25, 0.3) is 0 Å². The molecule has 0 atom stereocenters. The van der Waals surface area contributed by atoms with Crippen molar-refractivity contribution in [2.75, 3.05) is 33.9 Å². The van der Waals surface area contributed by atoms with Crippen LogP contribution in [0.2, 0.25) is 0 Å². The Hall–Kier alpha value is -2.15. The van der Waals surface area contributed by atoms with Crippen LogP contribution in [0.5, 0.6) is 0 Å². The predicted molar refractivity (Wildman–Crippen MR) is 80.1 cm³/mol. The molecule has 1 aromatic heterocycles. The maximum absolute atomic E-state index is 12.5. The van der Waals surface area contributed by atoms with Crippen LogP contribution in [0.3, 0.4) is 0 Å². The van der Waals surface area contributed by atoms with Gasteiger partial charge in [-0.2, -0.15) is 0 Å². The van der Waals surface area contributed by atoms with Gasteiger partial charge in [0.1, 0.15) is 12.3 Å². The second kappa shape index (κ2) is 7.74. The molecule has 122 valence electrons. The number of nitrogens with zero attached hydrogens (tertiary/aromatic N) is 1. The number of aryl methyl sites for hydroxylation is 1. The van der Waals surface area contributed by atoms with Crippen LogP contribution in [0.25, 0.3) is 0 Å². The quantitative estimate of drug-likeness (QED) is 0.601. The fraction of sp³-hybridized carbons (Fsp3) is 0.533. The lowest BCUT2D eigenvalue weighted by Crippen LogP contribution is -2.38. The molecule has 0 saturated heterocycles. The molecule has 7 heteroatoms. The summed E-state index contributed by atoms with van der Waals surface area (Å²) in [5, 5.41) is 0. The topological polar surface area (TPSA) is 88.7 Å². The monoisotopic (exact) mass is 310 g/mol. The van der Waals surface area contributed by atoms with Gasteiger partial charge in [-0.25, -0.2) is 4.79 Å². The molecule has 0 radical (unpaired) electrons. The summed E-state index contributed by atoms with van der Waals surface area (Å²) in [7, 11) is 2.71. The SMILES string of the molecule is CCN(CC(=O)c1c(C)[nH]c(C(=O)OC)c1C)C(=O)COC. The van der Waals surface area contributed by atoms with E-state index in [-0.39, 0.29) is 30.5 Å². The van der Waals surface area contributed by atoms with Crippen molar-refractivity contribution in [1.29, 1.82) is 0 Å². The Balaban J connectivity index is 3.01. The maximum Gasteiger partial charge on any atom is 0.354 e.